The fourth-order valence-corrected chi connectivity index (χ4v) is 8.84. The minimum atomic E-state index is -0.714. The number of carbonyl (C=O) groups is 3. The van der Waals surface area contributed by atoms with Crippen molar-refractivity contribution in [2.24, 2.45) is 17.6 Å². The molecular formula is C34H44N4O5. The second kappa shape index (κ2) is 12.3. The first-order chi connectivity index (χ1) is 20.8. The van der Waals surface area contributed by atoms with Crippen molar-refractivity contribution in [3.8, 4) is 11.1 Å². The van der Waals surface area contributed by atoms with E-state index < -0.39 is 12.1 Å². The number of nitrogens with one attached hydrogen (secondary N) is 3. The zero-order chi connectivity index (χ0) is 30.0. The summed E-state index contributed by atoms with van der Waals surface area (Å²) in [5, 5.41) is 9.81. The lowest BCUT2D eigenvalue weighted by molar-refractivity contribution is -0.142. The maximum atomic E-state index is 13.9. The normalized spacial score (nSPS) is 27.2. The molecule has 43 heavy (non-hydrogen) atoms. The Bertz CT molecular complexity index is 1300. The van der Waals surface area contributed by atoms with Gasteiger partial charge in [0.25, 0.3) is 0 Å². The molecule has 230 valence electrons. The van der Waals surface area contributed by atoms with Gasteiger partial charge in [-0.1, -0.05) is 48.5 Å². The van der Waals surface area contributed by atoms with E-state index in [1.54, 1.807) is 0 Å². The standard InChI is InChI=1S/C34H44N4O5/c1-42-30(39)19-36-33-15-22-14-23(16-33)18-34(17-22,21-33)38-31(40)29(12-6-7-13-35)37-32(41)43-20-28-26-10-4-2-8-24(26)25-9-3-5-11-27(25)28/h2-5,8-11,22-23,28-29,36H,6-7,12-21,35H2,1H3,(H,37,41)(H,38,40)/t22-,23+,29-,33?,34?/m0/s1. The molecule has 5 atom stereocenters. The molecular weight excluding hydrogens is 544 g/mol. The van der Waals surface area contributed by atoms with Gasteiger partial charge in [0.1, 0.15) is 12.6 Å². The summed E-state index contributed by atoms with van der Waals surface area (Å²) < 4.78 is 10.7. The monoisotopic (exact) mass is 588 g/mol. The lowest BCUT2D eigenvalue weighted by atomic mass is 9.50. The number of amides is 2. The molecule has 4 fully saturated rings. The molecule has 2 unspecified atom stereocenters. The lowest BCUT2D eigenvalue weighted by Gasteiger charge is -2.62. The summed E-state index contributed by atoms with van der Waals surface area (Å²) >= 11 is 0. The molecule has 0 spiro atoms. The van der Waals surface area contributed by atoms with Gasteiger partial charge in [0.2, 0.25) is 5.91 Å². The van der Waals surface area contributed by atoms with E-state index in [0.717, 1.165) is 62.5 Å². The molecule has 2 amide bonds. The van der Waals surface area contributed by atoms with Crippen molar-refractivity contribution in [1.82, 2.24) is 16.0 Å². The Morgan fingerprint density at radius 3 is 2.19 bits per heavy atom. The van der Waals surface area contributed by atoms with E-state index in [4.69, 9.17) is 15.2 Å². The van der Waals surface area contributed by atoms with Crippen LogP contribution < -0.4 is 21.7 Å². The zero-order valence-corrected chi connectivity index (χ0v) is 25.0. The minimum Gasteiger partial charge on any atom is -0.468 e. The topological polar surface area (TPSA) is 132 Å². The second-order valence-electron chi connectivity index (χ2n) is 13.2. The van der Waals surface area contributed by atoms with Crippen LogP contribution in [0.15, 0.2) is 48.5 Å². The highest BCUT2D eigenvalue weighted by atomic mass is 16.5. The summed E-state index contributed by atoms with van der Waals surface area (Å²) in [7, 11) is 1.40. The Labute approximate surface area is 253 Å². The fraction of sp³-hybridized carbons (Fsp3) is 0.559. The Balaban J connectivity index is 1.12. The van der Waals surface area contributed by atoms with Crippen LogP contribution in [0.1, 0.15) is 74.8 Å². The van der Waals surface area contributed by atoms with Crippen LogP contribution >= 0.6 is 0 Å². The number of methoxy groups -OCH3 is 1. The third-order valence-corrected chi connectivity index (χ3v) is 10.2. The van der Waals surface area contributed by atoms with Crippen LogP contribution in [-0.2, 0) is 19.1 Å². The van der Waals surface area contributed by atoms with Gasteiger partial charge in [0.05, 0.1) is 13.7 Å². The van der Waals surface area contributed by atoms with Crippen molar-refractivity contribution in [1.29, 1.82) is 0 Å². The first kappa shape index (κ1) is 29.6. The predicted molar refractivity (Wildman–Crippen MR) is 163 cm³/mol. The molecule has 5 aliphatic carbocycles. The average Bonchev–Trinajstić information content (AvgIpc) is 3.31. The highest BCUT2D eigenvalue weighted by Gasteiger charge is 2.58. The van der Waals surface area contributed by atoms with E-state index in [1.165, 1.54) is 18.2 Å². The van der Waals surface area contributed by atoms with Crippen molar-refractivity contribution in [2.45, 2.75) is 80.8 Å². The van der Waals surface area contributed by atoms with Crippen LogP contribution in [0.4, 0.5) is 4.79 Å². The van der Waals surface area contributed by atoms with Crippen LogP contribution in [0.2, 0.25) is 0 Å². The predicted octanol–water partition coefficient (Wildman–Crippen LogP) is 3.99. The number of carbonyl (C=O) groups excluding carboxylic acids is 3. The van der Waals surface area contributed by atoms with E-state index in [-0.39, 0.29) is 42.0 Å². The van der Waals surface area contributed by atoms with E-state index in [9.17, 15) is 14.4 Å². The summed E-state index contributed by atoms with van der Waals surface area (Å²) in [5.74, 6) is 0.495. The molecule has 4 bridgehead atoms. The third kappa shape index (κ3) is 6.15. The van der Waals surface area contributed by atoms with Crippen LogP contribution in [0.5, 0.6) is 0 Å². The maximum absolute atomic E-state index is 13.9. The number of unbranched alkanes of at least 4 members (excludes halogenated alkanes) is 1. The van der Waals surface area contributed by atoms with Crippen molar-refractivity contribution in [3.05, 3.63) is 59.7 Å². The van der Waals surface area contributed by atoms with Gasteiger partial charge in [0, 0.05) is 17.0 Å². The number of benzene rings is 2. The van der Waals surface area contributed by atoms with Crippen LogP contribution in [0.3, 0.4) is 0 Å². The average molecular weight is 589 g/mol. The van der Waals surface area contributed by atoms with E-state index in [1.807, 2.05) is 24.3 Å². The van der Waals surface area contributed by atoms with E-state index in [0.29, 0.717) is 24.8 Å². The largest absolute Gasteiger partial charge is 0.468 e. The summed E-state index contributed by atoms with van der Waals surface area (Å²) in [6.45, 7) is 0.894. The highest BCUT2D eigenvalue weighted by Crippen LogP contribution is 2.57. The Kier molecular flexibility index (Phi) is 8.47. The Morgan fingerprint density at radius 2 is 1.56 bits per heavy atom. The van der Waals surface area contributed by atoms with Crippen molar-refractivity contribution in [2.75, 3.05) is 26.8 Å². The van der Waals surface area contributed by atoms with Gasteiger partial charge in [0.15, 0.2) is 0 Å². The zero-order valence-electron chi connectivity index (χ0n) is 25.0. The highest BCUT2D eigenvalue weighted by molar-refractivity contribution is 5.86. The number of alkyl carbamates (subject to hydrolysis) is 1. The maximum Gasteiger partial charge on any atom is 0.407 e. The van der Waals surface area contributed by atoms with Crippen LogP contribution in [0.25, 0.3) is 11.1 Å². The molecule has 5 N–H and O–H groups in total. The first-order valence-corrected chi connectivity index (χ1v) is 15.8. The van der Waals surface area contributed by atoms with Crippen LogP contribution in [0, 0.1) is 11.8 Å². The Morgan fingerprint density at radius 1 is 0.930 bits per heavy atom. The number of nitrogens with two attached hydrogens (primary N) is 1. The smallest absolute Gasteiger partial charge is 0.407 e. The van der Waals surface area contributed by atoms with Gasteiger partial charge in [-0.2, -0.15) is 0 Å². The fourth-order valence-electron chi connectivity index (χ4n) is 8.84. The number of hydrogen-bond donors (Lipinski definition) is 4. The van der Waals surface area contributed by atoms with Gasteiger partial charge in [-0.15, -0.1) is 0 Å². The van der Waals surface area contributed by atoms with Crippen molar-refractivity contribution >= 4 is 18.0 Å². The Hall–Kier alpha value is -3.43. The number of ether oxygens (including phenoxy) is 2. The van der Waals surface area contributed by atoms with E-state index >= 15 is 0 Å². The van der Waals surface area contributed by atoms with Gasteiger partial charge < -0.3 is 31.2 Å². The number of rotatable bonds is 12. The third-order valence-electron chi connectivity index (χ3n) is 10.2. The first-order valence-electron chi connectivity index (χ1n) is 15.8. The summed E-state index contributed by atoms with van der Waals surface area (Å²) in [4.78, 5) is 38.9. The second-order valence-corrected chi connectivity index (χ2v) is 13.2. The molecule has 0 aliphatic heterocycles. The lowest BCUT2D eigenvalue weighted by Crippen LogP contribution is -2.70. The summed E-state index contributed by atoms with van der Waals surface area (Å²) in [6, 6.07) is 15.7. The molecule has 0 saturated heterocycles. The summed E-state index contributed by atoms with van der Waals surface area (Å²) in [5.41, 5.74) is 9.84. The molecule has 2 aromatic rings. The molecule has 9 nitrogen and oxygen atoms in total. The van der Waals surface area contributed by atoms with Crippen molar-refractivity contribution < 1.29 is 23.9 Å². The van der Waals surface area contributed by atoms with Gasteiger partial charge in [-0.25, -0.2) is 4.79 Å². The molecule has 7 rings (SSSR count). The van der Waals surface area contributed by atoms with Crippen LogP contribution in [-0.4, -0.2) is 61.9 Å². The molecule has 9 heteroatoms. The van der Waals surface area contributed by atoms with Gasteiger partial charge in [-0.3, -0.25) is 9.59 Å². The number of esters is 1. The van der Waals surface area contributed by atoms with Gasteiger partial charge in [-0.05, 0) is 98.4 Å². The minimum absolute atomic E-state index is 0.0524. The number of fused-ring (bicyclic) bond motifs is 3. The quantitative estimate of drug-likeness (QED) is 0.218. The molecule has 0 radical (unpaired) electrons. The SMILES string of the molecule is COC(=O)CNC12C[C@H]3C[C@@H](C1)CC(NC(=O)[C@H](CCCCN)NC(=O)OCC1c4ccccc4-c4ccccc41)(C3)C2. The molecule has 4 saturated carbocycles. The van der Waals surface area contributed by atoms with Crippen molar-refractivity contribution in [3.63, 3.8) is 0 Å². The van der Waals surface area contributed by atoms with Gasteiger partial charge >= 0.3 is 12.1 Å². The molecule has 0 heterocycles. The summed E-state index contributed by atoms with van der Waals surface area (Å²) in [6.07, 6.45) is 7.21. The molecule has 5 aliphatic rings. The van der Waals surface area contributed by atoms with E-state index in [2.05, 4.69) is 40.2 Å². The molecule has 2 aromatic carbocycles. The number of hydrogen-bond acceptors (Lipinski definition) is 7. The molecule has 0 aromatic heterocycles.